The van der Waals surface area contributed by atoms with Gasteiger partial charge in [-0.15, -0.1) is 0 Å². The van der Waals surface area contributed by atoms with Crippen molar-refractivity contribution in [2.75, 3.05) is 5.73 Å². The third-order valence-electron chi connectivity index (χ3n) is 4.72. The van der Waals surface area contributed by atoms with Gasteiger partial charge >= 0.3 is 7.12 Å². The van der Waals surface area contributed by atoms with Gasteiger partial charge in [0.25, 0.3) is 0 Å². The lowest BCUT2D eigenvalue weighted by atomic mass is 9.75. The zero-order valence-corrected chi connectivity index (χ0v) is 12.8. The molecular weight excluding hydrogens is 237 g/mol. The molecule has 1 fully saturated rings. The van der Waals surface area contributed by atoms with Gasteiger partial charge in [0.15, 0.2) is 0 Å². The molecule has 1 aromatic carbocycles. The normalized spacial score (nSPS) is 26.2. The minimum Gasteiger partial charge on any atom is -0.399 e. The Morgan fingerprint density at radius 2 is 1.79 bits per heavy atom. The van der Waals surface area contributed by atoms with Crippen molar-refractivity contribution < 1.29 is 9.31 Å². The topological polar surface area (TPSA) is 44.5 Å². The summed E-state index contributed by atoms with van der Waals surface area (Å²) in [4.78, 5) is 0. The van der Waals surface area contributed by atoms with Crippen molar-refractivity contribution in [2.45, 2.75) is 52.7 Å². The van der Waals surface area contributed by atoms with E-state index >= 15 is 0 Å². The van der Waals surface area contributed by atoms with Crippen LogP contribution < -0.4 is 11.2 Å². The molecule has 2 N–H and O–H groups in total. The number of rotatable bonds is 2. The van der Waals surface area contributed by atoms with Gasteiger partial charge in [0.1, 0.15) is 0 Å². The number of hydrogen-bond acceptors (Lipinski definition) is 3. The minimum atomic E-state index is -0.342. The van der Waals surface area contributed by atoms with Crippen LogP contribution in [-0.2, 0) is 9.31 Å². The highest BCUT2D eigenvalue weighted by Gasteiger charge is 2.56. The minimum absolute atomic E-state index is 0.311. The Hall–Kier alpha value is -0.995. The van der Waals surface area contributed by atoms with Gasteiger partial charge in [-0.3, -0.25) is 0 Å². The Morgan fingerprint density at radius 3 is 2.32 bits per heavy atom. The molecule has 1 aliphatic heterocycles. The molecule has 1 aromatic rings. The molecular formula is C15H24BNO2. The first-order chi connectivity index (χ1) is 8.69. The molecule has 2 rings (SSSR count). The summed E-state index contributed by atoms with van der Waals surface area (Å²) in [6, 6.07) is 5.88. The van der Waals surface area contributed by atoms with Crippen molar-refractivity contribution in [1.82, 2.24) is 0 Å². The predicted molar refractivity (Wildman–Crippen MR) is 80.5 cm³/mol. The quantitative estimate of drug-likeness (QED) is 0.657. The highest BCUT2D eigenvalue weighted by Crippen LogP contribution is 2.42. The summed E-state index contributed by atoms with van der Waals surface area (Å²) >= 11 is 0. The van der Waals surface area contributed by atoms with E-state index in [0.717, 1.165) is 16.7 Å². The average molecular weight is 261 g/mol. The zero-order valence-electron chi connectivity index (χ0n) is 12.8. The fourth-order valence-corrected chi connectivity index (χ4v) is 2.66. The van der Waals surface area contributed by atoms with E-state index in [0.29, 0.717) is 5.92 Å². The molecule has 1 unspecified atom stereocenters. The van der Waals surface area contributed by atoms with E-state index in [1.54, 1.807) is 0 Å². The largest absolute Gasteiger partial charge is 0.495 e. The smallest absolute Gasteiger partial charge is 0.399 e. The maximum atomic E-state index is 6.27. The number of hydrogen-bond donors (Lipinski definition) is 1. The van der Waals surface area contributed by atoms with E-state index in [4.69, 9.17) is 15.0 Å². The Kier molecular flexibility index (Phi) is 3.44. The molecule has 19 heavy (non-hydrogen) atoms. The SMILES string of the molecule is Cc1c(N)cccc1B1OC(C)(C)C(C)(C(C)C)O1. The molecule has 1 aliphatic rings. The van der Waals surface area contributed by atoms with Gasteiger partial charge in [0.2, 0.25) is 0 Å². The highest BCUT2D eigenvalue weighted by atomic mass is 16.7. The third-order valence-corrected chi connectivity index (χ3v) is 4.72. The van der Waals surface area contributed by atoms with Crippen LogP contribution in [0.4, 0.5) is 5.69 Å². The van der Waals surface area contributed by atoms with E-state index in [-0.39, 0.29) is 18.3 Å². The third kappa shape index (κ3) is 2.17. The fraction of sp³-hybridized carbons (Fsp3) is 0.600. The van der Waals surface area contributed by atoms with Crippen LogP contribution in [0.1, 0.15) is 40.2 Å². The Balaban J connectivity index is 2.38. The standard InChI is InChI=1S/C15H24BNO2/c1-10(2)15(6)14(4,5)18-16(19-15)12-8-7-9-13(17)11(12)3/h7-10H,17H2,1-6H3. The van der Waals surface area contributed by atoms with E-state index in [1.807, 2.05) is 25.1 Å². The van der Waals surface area contributed by atoms with Crippen molar-refractivity contribution in [3.05, 3.63) is 23.8 Å². The maximum Gasteiger partial charge on any atom is 0.495 e. The summed E-state index contributed by atoms with van der Waals surface area (Å²) < 4.78 is 12.4. The van der Waals surface area contributed by atoms with Gasteiger partial charge in [-0.2, -0.15) is 0 Å². The summed E-state index contributed by atoms with van der Waals surface area (Å²) in [5, 5.41) is 0. The summed E-state index contributed by atoms with van der Waals surface area (Å²) in [5.74, 6) is 0.369. The van der Waals surface area contributed by atoms with Crippen molar-refractivity contribution in [3.8, 4) is 0 Å². The molecule has 0 amide bonds. The van der Waals surface area contributed by atoms with Gasteiger partial charge in [-0.25, -0.2) is 0 Å². The molecule has 0 radical (unpaired) electrons. The van der Waals surface area contributed by atoms with Crippen LogP contribution in [0, 0.1) is 12.8 Å². The second-order valence-corrected chi connectivity index (χ2v) is 6.40. The van der Waals surface area contributed by atoms with Gasteiger partial charge in [0.05, 0.1) is 11.2 Å². The lowest BCUT2D eigenvalue weighted by Crippen LogP contribution is -2.48. The van der Waals surface area contributed by atoms with Gasteiger partial charge in [-0.1, -0.05) is 26.0 Å². The van der Waals surface area contributed by atoms with Crippen LogP contribution in [0.25, 0.3) is 0 Å². The number of anilines is 1. The average Bonchev–Trinajstić information content (AvgIpc) is 2.55. The molecule has 0 saturated carbocycles. The van der Waals surface area contributed by atoms with E-state index in [9.17, 15) is 0 Å². The molecule has 3 nitrogen and oxygen atoms in total. The molecule has 0 bridgehead atoms. The van der Waals surface area contributed by atoms with E-state index < -0.39 is 0 Å². The van der Waals surface area contributed by atoms with Crippen molar-refractivity contribution >= 4 is 18.3 Å². The van der Waals surface area contributed by atoms with Crippen LogP contribution in [0.3, 0.4) is 0 Å². The van der Waals surface area contributed by atoms with Crippen molar-refractivity contribution in [3.63, 3.8) is 0 Å². The Morgan fingerprint density at radius 1 is 1.16 bits per heavy atom. The first kappa shape index (κ1) is 14.4. The maximum absolute atomic E-state index is 6.27. The van der Waals surface area contributed by atoms with Crippen molar-refractivity contribution in [2.24, 2.45) is 5.92 Å². The molecule has 1 saturated heterocycles. The van der Waals surface area contributed by atoms with Crippen LogP contribution >= 0.6 is 0 Å². The molecule has 0 aliphatic carbocycles. The lowest BCUT2D eigenvalue weighted by Gasteiger charge is -2.39. The highest BCUT2D eigenvalue weighted by molar-refractivity contribution is 6.62. The summed E-state index contributed by atoms with van der Waals surface area (Å²) in [6.07, 6.45) is 0. The molecule has 1 atom stereocenters. The molecule has 1 heterocycles. The van der Waals surface area contributed by atoms with Gasteiger partial charge in [0, 0.05) is 5.69 Å². The molecule has 0 aromatic heterocycles. The summed E-state index contributed by atoms with van der Waals surface area (Å²) in [5.41, 5.74) is 8.17. The fourth-order valence-electron chi connectivity index (χ4n) is 2.66. The Labute approximate surface area is 116 Å². The van der Waals surface area contributed by atoms with Gasteiger partial charge in [-0.05, 0) is 50.7 Å². The number of benzene rings is 1. The van der Waals surface area contributed by atoms with Crippen molar-refractivity contribution in [1.29, 1.82) is 0 Å². The number of nitrogen functional groups attached to an aromatic ring is 1. The zero-order chi connectivity index (χ0) is 14.4. The van der Waals surface area contributed by atoms with Gasteiger partial charge < -0.3 is 15.0 Å². The molecule has 104 valence electrons. The second kappa shape index (κ2) is 4.53. The van der Waals surface area contributed by atoms with E-state index in [1.165, 1.54) is 0 Å². The number of nitrogens with two attached hydrogens (primary N) is 1. The van der Waals surface area contributed by atoms with Crippen LogP contribution in [0.15, 0.2) is 18.2 Å². The van der Waals surface area contributed by atoms with Crippen LogP contribution in [0.5, 0.6) is 0 Å². The first-order valence-corrected chi connectivity index (χ1v) is 6.89. The summed E-state index contributed by atoms with van der Waals surface area (Å²) in [6.45, 7) is 12.7. The molecule has 4 heteroatoms. The van der Waals surface area contributed by atoms with Crippen LogP contribution in [-0.4, -0.2) is 18.3 Å². The lowest BCUT2D eigenvalue weighted by molar-refractivity contribution is -0.0435. The molecule has 0 spiro atoms. The van der Waals surface area contributed by atoms with Crippen LogP contribution in [0.2, 0.25) is 0 Å². The predicted octanol–water partition coefficient (Wildman–Crippen LogP) is 2.51. The van der Waals surface area contributed by atoms with E-state index in [2.05, 4.69) is 34.6 Å². The summed E-state index contributed by atoms with van der Waals surface area (Å²) in [7, 11) is -0.342. The Bertz CT molecular complexity index is 487. The second-order valence-electron chi connectivity index (χ2n) is 6.40. The first-order valence-electron chi connectivity index (χ1n) is 6.89. The monoisotopic (exact) mass is 261 g/mol.